The lowest BCUT2D eigenvalue weighted by atomic mass is 10.1. The van der Waals surface area contributed by atoms with Gasteiger partial charge in [0, 0.05) is 17.3 Å². The number of benzene rings is 2. The summed E-state index contributed by atoms with van der Waals surface area (Å²) in [5.74, 6) is 0.0280. The van der Waals surface area contributed by atoms with Gasteiger partial charge >= 0.3 is 0 Å². The van der Waals surface area contributed by atoms with Gasteiger partial charge < -0.3 is 5.32 Å². The van der Waals surface area contributed by atoms with Gasteiger partial charge in [-0.3, -0.25) is 14.5 Å². The van der Waals surface area contributed by atoms with Gasteiger partial charge in [-0.25, -0.2) is 0 Å². The largest absolute Gasteiger partial charge is 0.352 e. The molecule has 0 bridgehead atoms. The van der Waals surface area contributed by atoms with Crippen molar-refractivity contribution in [2.75, 3.05) is 4.90 Å². The second-order valence-electron chi connectivity index (χ2n) is 8.77. The number of tetrazole rings is 1. The monoisotopic (exact) mass is 446 g/mol. The third kappa shape index (κ3) is 5.45. The van der Waals surface area contributed by atoms with Crippen molar-refractivity contribution < 1.29 is 9.59 Å². The maximum absolute atomic E-state index is 13.4. The first-order chi connectivity index (χ1) is 15.9. The van der Waals surface area contributed by atoms with Crippen molar-refractivity contribution in [2.24, 2.45) is 0 Å². The number of aryl methyl sites for hydroxylation is 2. The Hall–Kier alpha value is -3.55. The highest BCUT2D eigenvalue weighted by Crippen LogP contribution is 2.21. The number of anilines is 1. The van der Waals surface area contributed by atoms with Gasteiger partial charge in [0.1, 0.15) is 12.6 Å². The summed E-state index contributed by atoms with van der Waals surface area (Å²) in [4.78, 5) is 29.2. The standard InChI is InChI=1S/C25H30N6O2/c1-17-8-12-20(13-9-17)24-27-29-30(28-24)16-23(32)31(22-14-10-18(2)11-15-22)19(3)25(33)26-21-6-4-5-7-21/h8-15,19,21H,4-7,16H2,1-3H3,(H,26,33)/t19-/m1/s1. The van der Waals surface area contributed by atoms with Gasteiger partial charge in [-0.2, -0.15) is 4.80 Å². The van der Waals surface area contributed by atoms with E-state index in [1.54, 1.807) is 6.92 Å². The summed E-state index contributed by atoms with van der Waals surface area (Å²) in [6, 6.07) is 14.9. The van der Waals surface area contributed by atoms with Crippen LogP contribution in [0.25, 0.3) is 11.4 Å². The van der Waals surface area contributed by atoms with E-state index in [9.17, 15) is 9.59 Å². The second kappa shape index (κ2) is 9.94. The number of nitrogens with zero attached hydrogens (tertiary/aromatic N) is 5. The van der Waals surface area contributed by atoms with Gasteiger partial charge in [0.2, 0.25) is 11.7 Å². The van der Waals surface area contributed by atoms with E-state index in [-0.39, 0.29) is 24.4 Å². The number of rotatable bonds is 7. The molecule has 1 fully saturated rings. The number of aromatic nitrogens is 4. The van der Waals surface area contributed by atoms with Crippen LogP contribution in [0.2, 0.25) is 0 Å². The maximum atomic E-state index is 13.4. The molecule has 0 aliphatic heterocycles. The van der Waals surface area contributed by atoms with E-state index in [0.29, 0.717) is 11.5 Å². The zero-order valence-electron chi connectivity index (χ0n) is 19.4. The number of nitrogens with one attached hydrogen (secondary N) is 1. The highest BCUT2D eigenvalue weighted by molar-refractivity contribution is 6.00. The smallest absolute Gasteiger partial charge is 0.251 e. The van der Waals surface area contributed by atoms with E-state index in [4.69, 9.17) is 0 Å². The number of carbonyl (C=O) groups is 2. The van der Waals surface area contributed by atoms with Gasteiger partial charge in [-0.05, 0) is 51.0 Å². The molecule has 3 aromatic rings. The van der Waals surface area contributed by atoms with Crippen molar-refractivity contribution in [3.05, 3.63) is 59.7 Å². The number of amides is 2. The third-order valence-electron chi connectivity index (χ3n) is 6.09. The molecule has 4 rings (SSSR count). The van der Waals surface area contributed by atoms with Crippen LogP contribution >= 0.6 is 0 Å². The average molecular weight is 447 g/mol. The van der Waals surface area contributed by atoms with Crippen molar-refractivity contribution in [1.29, 1.82) is 0 Å². The Bertz CT molecular complexity index is 1100. The summed E-state index contributed by atoms with van der Waals surface area (Å²) in [6.45, 7) is 5.64. The van der Waals surface area contributed by atoms with Crippen LogP contribution in [-0.2, 0) is 16.1 Å². The van der Waals surface area contributed by atoms with E-state index in [1.165, 1.54) is 9.70 Å². The molecule has 0 unspecified atom stereocenters. The van der Waals surface area contributed by atoms with Crippen LogP contribution in [0.1, 0.15) is 43.7 Å². The Morgan fingerprint density at radius 1 is 1.03 bits per heavy atom. The average Bonchev–Trinajstić information content (AvgIpc) is 3.48. The molecule has 1 atom stereocenters. The molecule has 8 heteroatoms. The Morgan fingerprint density at radius 2 is 1.64 bits per heavy atom. The second-order valence-corrected chi connectivity index (χ2v) is 8.77. The molecule has 0 spiro atoms. The Labute approximate surface area is 194 Å². The highest BCUT2D eigenvalue weighted by atomic mass is 16.2. The molecule has 1 aliphatic carbocycles. The van der Waals surface area contributed by atoms with Gasteiger partial charge in [0.25, 0.3) is 5.91 Å². The lowest BCUT2D eigenvalue weighted by molar-refractivity contribution is -0.127. The molecule has 0 radical (unpaired) electrons. The van der Waals surface area contributed by atoms with Crippen LogP contribution in [-0.4, -0.2) is 44.1 Å². The van der Waals surface area contributed by atoms with Crippen LogP contribution in [0, 0.1) is 13.8 Å². The number of hydrogen-bond donors (Lipinski definition) is 1. The number of hydrogen-bond acceptors (Lipinski definition) is 5. The third-order valence-corrected chi connectivity index (χ3v) is 6.09. The summed E-state index contributed by atoms with van der Waals surface area (Å²) >= 11 is 0. The van der Waals surface area contributed by atoms with Crippen LogP contribution in [0.15, 0.2) is 48.5 Å². The molecule has 1 saturated carbocycles. The zero-order chi connectivity index (χ0) is 23.4. The molecule has 33 heavy (non-hydrogen) atoms. The van der Waals surface area contributed by atoms with Crippen LogP contribution in [0.3, 0.4) is 0 Å². The highest BCUT2D eigenvalue weighted by Gasteiger charge is 2.30. The van der Waals surface area contributed by atoms with Crippen molar-refractivity contribution >= 4 is 17.5 Å². The minimum Gasteiger partial charge on any atom is -0.352 e. The van der Waals surface area contributed by atoms with Crippen molar-refractivity contribution in [2.45, 2.75) is 65.1 Å². The predicted octanol–water partition coefficient (Wildman–Crippen LogP) is 3.44. The molecule has 8 nitrogen and oxygen atoms in total. The quantitative estimate of drug-likeness (QED) is 0.600. The Morgan fingerprint density at radius 3 is 2.27 bits per heavy atom. The van der Waals surface area contributed by atoms with Crippen LogP contribution in [0.5, 0.6) is 0 Å². The molecule has 2 amide bonds. The number of carbonyl (C=O) groups excluding carboxylic acids is 2. The van der Waals surface area contributed by atoms with Crippen molar-refractivity contribution in [1.82, 2.24) is 25.5 Å². The normalized spacial score (nSPS) is 14.8. The van der Waals surface area contributed by atoms with Gasteiger partial charge in [-0.1, -0.05) is 60.4 Å². The summed E-state index contributed by atoms with van der Waals surface area (Å²) in [5.41, 5.74) is 3.72. The first-order valence-corrected chi connectivity index (χ1v) is 11.4. The molecule has 1 aromatic heterocycles. The molecule has 1 heterocycles. The summed E-state index contributed by atoms with van der Waals surface area (Å²) < 4.78 is 0. The molecular weight excluding hydrogens is 416 g/mol. The predicted molar refractivity (Wildman–Crippen MR) is 127 cm³/mol. The van der Waals surface area contributed by atoms with E-state index < -0.39 is 6.04 Å². The summed E-state index contributed by atoms with van der Waals surface area (Å²) in [7, 11) is 0. The lowest BCUT2D eigenvalue weighted by Crippen LogP contribution is -2.51. The first-order valence-electron chi connectivity index (χ1n) is 11.4. The van der Waals surface area contributed by atoms with E-state index in [1.807, 2.05) is 62.4 Å². The molecule has 0 saturated heterocycles. The summed E-state index contributed by atoms with van der Waals surface area (Å²) in [5, 5.41) is 15.6. The Balaban J connectivity index is 1.53. The molecule has 2 aromatic carbocycles. The first kappa shape index (κ1) is 22.6. The topological polar surface area (TPSA) is 93.0 Å². The minimum absolute atomic E-state index is 0.117. The maximum Gasteiger partial charge on any atom is 0.251 e. The van der Waals surface area contributed by atoms with Gasteiger partial charge in [0.15, 0.2) is 0 Å². The van der Waals surface area contributed by atoms with E-state index in [0.717, 1.165) is 42.4 Å². The van der Waals surface area contributed by atoms with E-state index in [2.05, 4.69) is 20.7 Å². The van der Waals surface area contributed by atoms with Crippen molar-refractivity contribution in [3.8, 4) is 11.4 Å². The molecular formula is C25H30N6O2. The van der Waals surface area contributed by atoms with Crippen LogP contribution in [0.4, 0.5) is 5.69 Å². The Kier molecular flexibility index (Phi) is 6.82. The fourth-order valence-corrected chi connectivity index (χ4v) is 4.12. The molecule has 1 aliphatic rings. The van der Waals surface area contributed by atoms with Crippen molar-refractivity contribution in [3.63, 3.8) is 0 Å². The van der Waals surface area contributed by atoms with Gasteiger partial charge in [0.05, 0.1) is 0 Å². The SMILES string of the molecule is Cc1ccc(-c2nnn(CC(=O)N(c3ccc(C)cc3)[C@H](C)C(=O)NC3CCCC3)n2)cc1. The fourth-order valence-electron chi connectivity index (χ4n) is 4.12. The fraction of sp³-hybridized carbons (Fsp3) is 0.400. The van der Waals surface area contributed by atoms with E-state index >= 15 is 0 Å². The molecule has 1 N–H and O–H groups in total. The lowest BCUT2D eigenvalue weighted by Gasteiger charge is -2.29. The van der Waals surface area contributed by atoms with Gasteiger partial charge in [-0.15, -0.1) is 10.2 Å². The molecule has 172 valence electrons. The minimum atomic E-state index is -0.666. The zero-order valence-corrected chi connectivity index (χ0v) is 19.4. The summed E-state index contributed by atoms with van der Waals surface area (Å²) in [6.07, 6.45) is 4.23. The van der Waals surface area contributed by atoms with Crippen LogP contribution < -0.4 is 10.2 Å².